The topological polar surface area (TPSA) is 6.48 Å². The molecule has 1 aliphatic heterocycles. The van der Waals surface area contributed by atoms with Crippen LogP contribution in [0.1, 0.15) is 0 Å². The van der Waals surface area contributed by atoms with E-state index < -0.39 is 0 Å². The number of benzene rings is 1. The van der Waals surface area contributed by atoms with Gasteiger partial charge in [-0.3, -0.25) is 5.01 Å². The summed E-state index contributed by atoms with van der Waals surface area (Å²) in [5.74, 6) is 0. The number of anilines is 1. The second-order valence-electron chi connectivity index (χ2n) is 3.05. The standard InChI is InChI=1S/C10H11ClN2/c1-12-7-2-8-13(12)10-5-3-9(11)4-6-10/h2-6,8H,7H2,1H3. The number of hydrogen-bond donors (Lipinski definition) is 0. The van der Waals surface area contributed by atoms with Gasteiger partial charge in [-0.2, -0.15) is 0 Å². The van der Waals surface area contributed by atoms with Crippen molar-refractivity contribution in [3.05, 3.63) is 41.6 Å². The molecule has 1 aromatic carbocycles. The predicted molar refractivity (Wildman–Crippen MR) is 55.7 cm³/mol. The van der Waals surface area contributed by atoms with Crippen LogP contribution < -0.4 is 5.01 Å². The highest BCUT2D eigenvalue weighted by atomic mass is 35.5. The summed E-state index contributed by atoms with van der Waals surface area (Å²) < 4.78 is 0. The Balaban J connectivity index is 2.25. The summed E-state index contributed by atoms with van der Waals surface area (Å²) in [7, 11) is 2.05. The summed E-state index contributed by atoms with van der Waals surface area (Å²) in [5, 5.41) is 4.99. The predicted octanol–water partition coefficient (Wildman–Crippen LogP) is 2.52. The van der Waals surface area contributed by atoms with Gasteiger partial charge in [-0.15, -0.1) is 0 Å². The molecule has 0 saturated heterocycles. The first kappa shape index (κ1) is 8.60. The zero-order chi connectivity index (χ0) is 9.26. The fourth-order valence-electron chi connectivity index (χ4n) is 1.38. The van der Waals surface area contributed by atoms with Crippen molar-refractivity contribution < 1.29 is 0 Å². The van der Waals surface area contributed by atoms with E-state index in [0.29, 0.717) is 0 Å². The second kappa shape index (κ2) is 3.40. The number of hydrazine groups is 1. The average Bonchev–Trinajstić information content (AvgIpc) is 2.53. The summed E-state index contributed by atoms with van der Waals surface area (Å²) in [5.41, 5.74) is 1.14. The Morgan fingerprint density at radius 1 is 1.23 bits per heavy atom. The Labute approximate surface area is 83.0 Å². The molecule has 2 nitrogen and oxygen atoms in total. The molecule has 0 N–H and O–H groups in total. The highest BCUT2D eigenvalue weighted by molar-refractivity contribution is 6.30. The third kappa shape index (κ3) is 1.69. The van der Waals surface area contributed by atoms with E-state index in [4.69, 9.17) is 11.6 Å². The van der Waals surface area contributed by atoms with Gasteiger partial charge in [-0.1, -0.05) is 17.7 Å². The van der Waals surface area contributed by atoms with E-state index in [1.54, 1.807) is 0 Å². The number of nitrogens with zero attached hydrogens (tertiary/aromatic N) is 2. The van der Waals surface area contributed by atoms with Gasteiger partial charge in [0, 0.05) is 24.8 Å². The molecular formula is C10H11ClN2. The fourth-order valence-corrected chi connectivity index (χ4v) is 1.50. The van der Waals surface area contributed by atoms with Crippen molar-refractivity contribution in [3.8, 4) is 0 Å². The van der Waals surface area contributed by atoms with Crippen LogP contribution >= 0.6 is 11.6 Å². The maximum Gasteiger partial charge on any atom is 0.0574 e. The second-order valence-corrected chi connectivity index (χ2v) is 3.48. The zero-order valence-corrected chi connectivity index (χ0v) is 8.20. The van der Waals surface area contributed by atoms with Gasteiger partial charge in [0.15, 0.2) is 0 Å². The van der Waals surface area contributed by atoms with Crippen LogP contribution in [0.5, 0.6) is 0 Å². The van der Waals surface area contributed by atoms with Crippen LogP contribution in [-0.2, 0) is 0 Å². The molecule has 1 aliphatic rings. The van der Waals surface area contributed by atoms with Crippen LogP contribution in [0.3, 0.4) is 0 Å². The lowest BCUT2D eigenvalue weighted by Gasteiger charge is -2.24. The van der Waals surface area contributed by atoms with Crippen LogP contribution in [0.2, 0.25) is 5.02 Å². The van der Waals surface area contributed by atoms with Crippen LogP contribution in [0.4, 0.5) is 5.69 Å². The first-order chi connectivity index (χ1) is 6.27. The number of rotatable bonds is 1. The average molecular weight is 195 g/mol. The minimum atomic E-state index is 0.773. The minimum Gasteiger partial charge on any atom is -0.282 e. The molecule has 0 unspecified atom stereocenters. The molecule has 0 aliphatic carbocycles. The summed E-state index contributed by atoms with van der Waals surface area (Å²) in [6, 6.07) is 7.82. The van der Waals surface area contributed by atoms with Crippen molar-refractivity contribution in [1.82, 2.24) is 5.01 Å². The minimum absolute atomic E-state index is 0.773. The van der Waals surface area contributed by atoms with Gasteiger partial charge in [-0.25, -0.2) is 5.01 Å². The van der Waals surface area contributed by atoms with E-state index in [9.17, 15) is 0 Å². The summed E-state index contributed by atoms with van der Waals surface area (Å²) >= 11 is 5.80. The number of likely N-dealkylation sites (N-methyl/N-ethyl adjacent to an activating group) is 1. The third-order valence-corrected chi connectivity index (χ3v) is 2.33. The third-order valence-electron chi connectivity index (χ3n) is 2.08. The molecular weight excluding hydrogens is 184 g/mol. The summed E-state index contributed by atoms with van der Waals surface area (Å²) in [6.45, 7) is 0.961. The Bertz CT molecular complexity index is 318. The van der Waals surface area contributed by atoms with Crippen LogP contribution in [0.15, 0.2) is 36.5 Å². The van der Waals surface area contributed by atoms with Gasteiger partial charge in [0.25, 0.3) is 0 Å². The lowest BCUT2D eigenvalue weighted by Crippen LogP contribution is -2.30. The number of hydrogen-bond acceptors (Lipinski definition) is 2. The Morgan fingerprint density at radius 3 is 2.46 bits per heavy atom. The van der Waals surface area contributed by atoms with E-state index in [2.05, 4.69) is 29.3 Å². The summed E-state index contributed by atoms with van der Waals surface area (Å²) in [6.07, 6.45) is 4.18. The Hall–Kier alpha value is -0.990. The molecule has 3 heteroatoms. The van der Waals surface area contributed by atoms with Crippen molar-refractivity contribution in [2.75, 3.05) is 18.6 Å². The van der Waals surface area contributed by atoms with Gasteiger partial charge in [-0.05, 0) is 24.3 Å². The zero-order valence-electron chi connectivity index (χ0n) is 7.44. The molecule has 0 fully saturated rings. The maximum absolute atomic E-state index is 5.80. The Kier molecular flexibility index (Phi) is 2.25. The van der Waals surface area contributed by atoms with Crippen molar-refractivity contribution in [2.24, 2.45) is 0 Å². The first-order valence-electron chi connectivity index (χ1n) is 4.20. The molecule has 0 saturated carbocycles. The molecule has 1 heterocycles. The van der Waals surface area contributed by atoms with Gasteiger partial charge in [0.05, 0.1) is 5.69 Å². The lowest BCUT2D eigenvalue weighted by molar-refractivity contribution is 0.397. The molecule has 0 atom stereocenters. The molecule has 2 rings (SSSR count). The van der Waals surface area contributed by atoms with Crippen LogP contribution in [-0.4, -0.2) is 18.6 Å². The van der Waals surface area contributed by atoms with E-state index in [1.165, 1.54) is 0 Å². The molecule has 68 valence electrons. The number of halogens is 1. The molecule has 0 spiro atoms. The van der Waals surface area contributed by atoms with E-state index in [0.717, 1.165) is 17.3 Å². The molecule has 1 aromatic rings. The van der Waals surface area contributed by atoms with Gasteiger partial charge < -0.3 is 0 Å². The molecule has 0 amide bonds. The molecule has 0 bridgehead atoms. The quantitative estimate of drug-likeness (QED) is 0.678. The molecule has 0 radical (unpaired) electrons. The van der Waals surface area contributed by atoms with Gasteiger partial charge >= 0.3 is 0 Å². The highest BCUT2D eigenvalue weighted by Crippen LogP contribution is 2.21. The smallest absolute Gasteiger partial charge is 0.0574 e. The van der Waals surface area contributed by atoms with Gasteiger partial charge in [0.2, 0.25) is 0 Å². The summed E-state index contributed by atoms with van der Waals surface area (Å²) in [4.78, 5) is 0. The Morgan fingerprint density at radius 2 is 1.92 bits per heavy atom. The SMILES string of the molecule is CN1CC=CN1c1ccc(Cl)cc1. The van der Waals surface area contributed by atoms with Crippen LogP contribution in [0.25, 0.3) is 0 Å². The highest BCUT2D eigenvalue weighted by Gasteiger charge is 2.12. The maximum atomic E-state index is 5.80. The van der Waals surface area contributed by atoms with Gasteiger partial charge in [0.1, 0.15) is 0 Å². The van der Waals surface area contributed by atoms with E-state index in [1.807, 2.05) is 24.3 Å². The van der Waals surface area contributed by atoms with Crippen molar-refractivity contribution in [1.29, 1.82) is 0 Å². The van der Waals surface area contributed by atoms with Crippen molar-refractivity contribution in [3.63, 3.8) is 0 Å². The fraction of sp³-hybridized carbons (Fsp3) is 0.200. The molecule has 13 heavy (non-hydrogen) atoms. The normalized spacial score (nSPS) is 16.9. The van der Waals surface area contributed by atoms with Crippen molar-refractivity contribution >= 4 is 17.3 Å². The first-order valence-corrected chi connectivity index (χ1v) is 4.58. The monoisotopic (exact) mass is 194 g/mol. The van der Waals surface area contributed by atoms with E-state index >= 15 is 0 Å². The van der Waals surface area contributed by atoms with Crippen molar-refractivity contribution in [2.45, 2.75) is 0 Å². The largest absolute Gasteiger partial charge is 0.282 e. The van der Waals surface area contributed by atoms with E-state index in [-0.39, 0.29) is 0 Å². The lowest BCUT2D eigenvalue weighted by atomic mass is 10.3. The van der Waals surface area contributed by atoms with Crippen LogP contribution in [0, 0.1) is 0 Å². The molecule has 0 aromatic heterocycles.